The van der Waals surface area contributed by atoms with E-state index in [0.717, 1.165) is 17.5 Å². The van der Waals surface area contributed by atoms with Gasteiger partial charge >= 0.3 is 6.09 Å². The SMILES string of the molecule is COc1ccc2nccc(C[C@H](NC(=O)O)[C@@H]3CC[C@@H](N)CO3)c2n1. The Balaban J connectivity index is 1.88. The monoisotopic (exact) mass is 346 g/mol. The summed E-state index contributed by atoms with van der Waals surface area (Å²) in [6.07, 6.45) is 2.38. The van der Waals surface area contributed by atoms with Crippen molar-refractivity contribution in [3.63, 3.8) is 0 Å². The molecular formula is C17H22N4O4. The van der Waals surface area contributed by atoms with Crippen LogP contribution < -0.4 is 15.8 Å². The number of nitrogens with two attached hydrogens (primary N) is 1. The van der Waals surface area contributed by atoms with Crippen molar-refractivity contribution in [2.24, 2.45) is 5.73 Å². The van der Waals surface area contributed by atoms with E-state index in [1.807, 2.05) is 12.1 Å². The fourth-order valence-electron chi connectivity index (χ4n) is 3.12. The summed E-state index contributed by atoms with van der Waals surface area (Å²) in [6, 6.07) is 5.05. The van der Waals surface area contributed by atoms with Crippen LogP contribution in [0.1, 0.15) is 18.4 Å². The molecule has 3 rings (SSSR count). The standard InChI is InChI=1S/C17H22N4O4/c1-24-15-5-3-12-16(21-15)10(6-7-19-12)8-13(20-17(22)23)14-4-2-11(18)9-25-14/h3,5-7,11,13-14,20H,2,4,8-9,18H2,1H3,(H,22,23)/t11-,13+,14+/m1/s1. The molecule has 1 fully saturated rings. The molecule has 1 saturated heterocycles. The highest BCUT2D eigenvalue weighted by molar-refractivity contribution is 5.78. The highest BCUT2D eigenvalue weighted by Gasteiger charge is 2.29. The first-order valence-electron chi connectivity index (χ1n) is 8.22. The molecule has 1 aliphatic rings. The van der Waals surface area contributed by atoms with Gasteiger partial charge < -0.3 is 25.6 Å². The number of aromatic nitrogens is 2. The third-order valence-electron chi connectivity index (χ3n) is 4.39. The molecule has 4 N–H and O–H groups in total. The van der Waals surface area contributed by atoms with Crippen LogP contribution in [0.15, 0.2) is 24.4 Å². The van der Waals surface area contributed by atoms with Gasteiger partial charge in [0.1, 0.15) is 0 Å². The molecule has 1 aliphatic heterocycles. The number of carbonyl (C=O) groups is 1. The molecule has 0 aromatic carbocycles. The third-order valence-corrected chi connectivity index (χ3v) is 4.39. The van der Waals surface area contributed by atoms with E-state index in [0.29, 0.717) is 30.8 Å². The number of nitrogens with zero attached hydrogens (tertiary/aromatic N) is 2. The van der Waals surface area contributed by atoms with E-state index in [9.17, 15) is 9.90 Å². The Hall–Kier alpha value is -2.45. The average Bonchev–Trinajstić information content (AvgIpc) is 2.61. The van der Waals surface area contributed by atoms with E-state index in [1.54, 1.807) is 19.4 Å². The first-order valence-corrected chi connectivity index (χ1v) is 8.22. The third kappa shape index (κ3) is 4.15. The molecule has 1 amide bonds. The van der Waals surface area contributed by atoms with Crippen LogP contribution in [0.4, 0.5) is 4.79 Å². The molecule has 0 unspecified atom stereocenters. The highest BCUT2D eigenvalue weighted by Crippen LogP contribution is 2.23. The lowest BCUT2D eigenvalue weighted by atomic mass is 9.94. The molecule has 25 heavy (non-hydrogen) atoms. The summed E-state index contributed by atoms with van der Waals surface area (Å²) in [5.74, 6) is 0.490. The van der Waals surface area contributed by atoms with E-state index in [1.165, 1.54) is 0 Å². The number of methoxy groups -OCH3 is 1. The van der Waals surface area contributed by atoms with Crippen molar-refractivity contribution >= 4 is 17.1 Å². The number of hydrogen-bond donors (Lipinski definition) is 3. The molecule has 2 aromatic heterocycles. The molecule has 8 nitrogen and oxygen atoms in total. The lowest BCUT2D eigenvalue weighted by Gasteiger charge is -2.33. The number of carboxylic acid groups (broad SMARTS) is 1. The van der Waals surface area contributed by atoms with Crippen molar-refractivity contribution in [1.29, 1.82) is 0 Å². The number of nitrogens with one attached hydrogen (secondary N) is 1. The zero-order chi connectivity index (χ0) is 17.8. The Morgan fingerprint density at radius 1 is 1.48 bits per heavy atom. The minimum Gasteiger partial charge on any atom is -0.481 e. The molecule has 0 bridgehead atoms. The molecule has 3 heterocycles. The molecule has 2 aromatic rings. The molecule has 8 heteroatoms. The second-order valence-electron chi connectivity index (χ2n) is 6.16. The van der Waals surface area contributed by atoms with Crippen molar-refractivity contribution in [3.8, 4) is 5.88 Å². The maximum Gasteiger partial charge on any atom is 0.404 e. The van der Waals surface area contributed by atoms with E-state index in [-0.39, 0.29) is 18.2 Å². The molecule has 0 spiro atoms. The lowest BCUT2D eigenvalue weighted by Crippen LogP contribution is -2.49. The second kappa shape index (κ2) is 7.62. The largest absolute Gasteiger partial charge is 0.481 e. The van der Waals surface area contributed by atoms with Crippen LogP contribution in [0.3, 0.4) is 0 Å². The normalized spacial score (nSPS) is 21.7. The van der Waals surface area contributed by atoms with Crippen molar-refractivity contribution in [2.75, 3.05) is 13.7 Å². The summed E-state index contributed by atoms with van der Waals surface area (Å²) < 4.78 is 11.0. The van der Waals surface area contributed by atoms with Crippen LogP contribution in [0.25, 0.3) is 11.0 Å². The van der Waals surface area contributed by atoms with Gasteiger partial charge in [-0.15, -0.1) is 0 Å². The predicted octanol–water partition coefficient (Wildman–Crippen LogP) is 1.32. The number of rotatable bonds is 5. The van der Waals surface area contributed by atoms with Crippen molar-refractivity contribution in [3.05, 3.63) is 30.0 Å². The maximum absolute atomic E-state index is 11.2. The Bertz CT molecular complexity index is 747. The van der Waals surface area contributed by atoms with Crippen LogP contribution in [-0.2, 0) is 11.2 Å². The molecule has 0 radical (unpaired) electrons. The fraction of sp³-hybridized carbons (Fsp3) is 0.471. The van der Waals surface area contributed by atoms with Gasteiger partial charge in [0, 0.05) is 18.3 Å². The second-order valence-corrected chi connectivity index (χ2v) is 6.16. The van der Waals surface area contributed by atoms with Gasteiger partial charge in [-0.25, -0.2) is 9.78 Å². The average molecular weight is 346 g/mol. The van der Waals surface area contributed by atoms with Crippen LogP contribution in [0.5, 0.6) is 5.88 Å². The number of pyridine rings is 2. The summed E-state index contributed by atoms with van der Waals surface area (Å²) >= 11 is 0. The lowest BCUT2D eigenvalue weighted by molar-refractivity contribution is -0.0156. The number of ether oxygens (including phenoxy) is 2. The molecule has 3 atom stereocenters. The highest BCUT2D eigenvalue weighted by atomic mass is 16.5. The Morgan fingerprint density at radius 3 is 3.00 bits per heavy atom. The van der Waals surface area contributed by atoms with Crippen molar-refractivity contribution in [2.45, 2.75) is 37.5 Å². The molecule has 0 saturated carbocycles. The van der Waals surface area contributed by atoms with Gasteiger partial charge in [-0.2, -0.15) is 0 Å². The Morgan fingerprint density at radius 2 is 2.32 bits per heavy atom. The van der Waals surface area contributed by atoms with Crippen LogP contribution in [-0.4, -0.2) is 53.1 Å². The summed E-state index contributed by atoms with van der Waals surface area (Å²) in [4.78, 5) is 20.0. The van der Waals surface area contributed by atoms with Gasteiger partial charge in [-0.1, -0.05) is 0 Å². The minimum absolute atomic E-state index is 0.00871. The van der Waals surface area contributed by atoms with Gasteiger partial charge in [0.25, 0.3) is 0 Å². The predicted molar refractivity (Wildman–Crippen MR) is 91.7 cm³/mol. The Labute approximate surface area is 145 Å². The summed E-state index contributed by atoms with van der Waals surface area (Å²) in [5.41, 5.74) is 8.19. The van der Waals surface area contributed by atoms with E-state index in [4.69, 9.17) is 15.2 Å². The fourth-order valence-corrected chi connectivity index (χ4v) is 3.12. The summed E-state index contributed by atoms with van der Waals surface area (Å²) in [5, 5.41) is 11.8. The van der Waals surface area contributed by atoms with Gasteiger partial charge in [-0.05, 0) is 37.0 Å². The van der Waals surface area contributed by atoms with Gasteiger partial charge in [-0.3, -0.25) is 4.98 Å². The maximum atomic E-state index is 11.2. The van der Waals surface area contributed by atoms with E-state index in [2.05, 4.69) is 15.3 Å². The van der Waals surface area contributed by atoms with Crippen LogP contribution in [0.2, 0.25) is 0 Å². The van der Waals surface area contributed by atoms with Crippen molar-refractivity contribution in [1.82, 2.24) is 15.3 Å². The quantitative estimate of drug-likeness (QED) is 0.747. The van der Waals surface area contributed by atoms with Gasteiger partial charge in [0.05, 0.1) is 36.9 Å². The molecule has 0 aliphatic carbocycles. The van der Waals surface area contributed by atoms with Gasteiger partial charge in [0.2, 0.25) is 5.88 Å². The first-order chi connectivity index (χ1) is 12.1. The zero-order valence-corrected chi connectivity index (χ0v) is 14.0. The van der Waals surface area contributed by atoms with E-state index >= 15 is 0 Å². The number of fused-ring (bicyclic) bond motifs is 1. The zero-order valence-electron chi connectivity index (χ0n) is 14.0. The van der Waals surface area contributed by atoms with Crippen LogP contribution >= 0.6 is 0 Å². The Kier molecular flexibility index (Phi) is 5.30. The molecular weight excluding hydrogens is 324 g/mol. The number of amides is 1. The summed E-state index contributed by atoms with van der Waals surface area (Å²) in [7, 11) is 1.55. The van der Waals surface area contributed by atoms with Crippen LogP contribution in [0, 0.1) is 0 Å². The van der Waals surface area contributed by atoms with E-state index < -0.39 is 6.09 Å². The van der Waals surface area contributed by atoms with Crippen molar-refractivity contribution < 1.29 is 19.4 Å². The molecule has 134 valence electrons. The summed E-state index contributed by atoms with van der Waals surface area (Å²) in [6.45, 7) is 0.436. The minimum atomic E-state index is -1.08. The first kappa shape index (κ1) is 17.4. The number of hydrogen-bond acceptors (Lipinski definition) is 6. The topological polar surface area (TPSA) is 120 Å². The smallest absolute Gasteiger partial charge is 0.404 e. The van der Waals surface area contributed by atoms with Gasteiger partial charge in [0.15, 0.2) is 0 Å².